The highest BCUT2D eigenvalue weighted by Crippen LogP contribution is 2.36. The van der Waals surface area contributed by atoms with Gasteiger partial charge in [0.2, 0.25) is 5.95 Å². The highest BCUT2D eigenvalue weighted by atomic mass is 32.2. The molecule has 32 heavy (non-hydrogen) atoms. The first-order valence-corrected chi connectivity index (χ1v) is 12.4. The van der Waals surface area contributed by atoms with Crippen molar-refractivity contribution in [1.82, 2.24) is 9.97 Å². The van der Waals surface area contributed by atoms with Gasteiger partial charge in [0.25, 0.3) is 0 Å². The van der Waals surface area contributed by atoms with E-state index in [1.807, 2.05) is 31.7 Å². The van der Waals surface area contributed by atoms with E-state index in [1.54, 1.807) is 0 Å². The molecule has 1 fully saturated rings. The van der Waals surface area contributed by atoms with Gasteiger partial charge in [0.1, 0.15) is 16.5 Å². The van der Waals surface area contributed by atoms with Gasteiger partial charge >= 0.3 is 0 Å². The van der Waals surface area contributed by atoms with Crippen LogP contribution < -0.4 is 10.2 Å². The van der Waals surface area contributed by atoms with Crippen molar-refractivity contribution < 1.29 is 18.8 Å². The van der Waals surface area contributed by atoms with Crippen molar-refractivity contribution in [2.24, 2.45) is 5.92 Å². The zero-order chi connectivity index (χ0) is 23.0. The van der Waals surface area contributed by atoms with Gasteiger partial charge in [-0.2, -0.15) is 4.98 Å². The van der Waals surface area contributed by atoms with Crippen LogP contribution in [0.4, 0.5) is 16.2 Å². The number of aryl methyl sites for hydroxylation is 2. The standard InChI is InChI=1S/C23H31FN4O3S/c1-14(2)19(13-29)25-21-20-18(4-9-32(20)31)26-22(27-21)28-7-5-23(30,6-8-28)16-10-15(3)11-17(24)12-16/h10-12,14,19,29-30H,4-9,13H2,1-3H3,(H,25,26,27)/t19-,32?/m0/s1. The van der Waals surface area contributed by atoms with Crippen LogP contribution in [-0.4, -0.2) is 55.9 Å². The fraction of sp³-hybridized carbons (Fsp3) is 0.565. The smallest absolute Gasteiger partial charge is 0.227 e. The Kier molecular flexibility index (Phi) is 6.51. The van der Waals surface area contributed by atoms with E-state index >= 15 is 0 Å². The topological polar surface area (TPSA) is 98.6 Å². The molecule has 2 aromatic rings. The molecule has 0 spiro atoms. The molecule has 1 unspecified atom stereocenters. The monoisotopic (exact) mass is 462 g/mol. The summed E-state index contributed by atoms with van der Waals surface area (Å²) in [6.07, 6.45) is 1.48. The van der Waals surface area contributed by atoms with E-state index in [1.165, 1.54) is 12.1 Å². The van der Waals surface area contributed by atoms with Crippen molar-refractivity contribution in [2.75, 3.05) is 35.7 Å². The van der Waals surface area contributed by atoms with Gasteiger partial charge in [0.15, 0.2) is 0 Å². The number of rotatable bonds is 6. The van der Waals surface area contributed by atoms with E-state index in [-0.39, 0.29) is 24.4 Å². The van der Waals surface area contributed by atoms with Gasteiger partial charge in [-0.25, -0.2) is 9.37 Å². The Morgan fingerprint density at radius 2 is 1.97 bits per heavy atom. The SMILES string of the molecule is Cc1cc(F)cc(C2(O)CCN(c3nc4c(c(N[C@@H](CO)C(C)C)n3)S(=O)CC4)CC2)c1. The molecule has 9 heteroatoms. The zero-order valence-corrected chi connectivity index (χ0v) is 19.6. The minimum absolute atomic E-state index is 0.0534. The molecule has 0 saturated carbocycles. The maximum Gasteiger partial charge on any atom is 0.227 e. The second-order valence-corrected chi connectivity index (χ2v) is 10.7. The number of aliphatic hydroxyl groups excluding tert-OH is 1. The van der Waals surface area contributed by atoms with Crippen LogP contribution in [0.3, 0.4) is 0 Å². The lowest BCUT2D eigenvalue weighted by Gasteiger charge is -2.39. The van der Waals surface area contributed by atoms with Gasteiger partial charge in [-0.15, -0.1) is 0 Å². The number of nitrogens with zero attached hydrogens (tertiary/aromatic N) is 3. The summed E-state index contributed by atoms with van der Waals surface area (Å²) in [6, 6.07) is 4.49. The normalized spacial score (nSPS) is 21.0. The molecular formula is C23H31FN4O3S. The predicted octanol–water partition coefficient (Wildman–Crippen LogP) is 2.50. The maximum atomic E-state index is 13.9. The van der Waals surface area contributed by atoms with Crippen molar-refractivity contribution in [2.45, 2.75) is 56.6 Å². The Hall–Kier alpha value is -2.10. The number of fused-ring (bicyclic) bond motifs is 1. The Balaban J connectivity index is 1.58. The number of halogens is 1. The molecule has 1 aromatic carbocycles. The molecule has 3 heterocycles. The van der Waals surface area contributed by atoms with Gasteiger partial charge < -0.3 is 20.4 Å². The number of aromatic nitrogens is 2. The molecule has 3 N–H and O–H groups in total. The third-order valence-corrected chi connectivity index (χ3v) is 7.91. The first kappa shape index (κ1) is 23.1. The number of hydrogen-bond acceptors (Lipinski definition) is 7. The molecule has 7 nitrogen and oxygen atoms in total. The largest absolute Gasteiger partial charge is 0.394 e. The highest BCUT2D eigenvalue weighted by molar-refractivity contribution is 7.85. The van der Waals surface area contributed by atoms with E-state index in [0.717, 1.165) is 11.3 Å². The third-order valence-electron chi connectivity index (χ3n) is 6.45. The van der Waals surface area contributed by atoms with Crippen LogP contribution in [0.25, 0.3) is 0 Å². The number of hydrogen-bond donors (Lipinski definition) is 3. The molecule has 2 aliphatic heterocycles. The minimum atomic E-state index is -1.16. The molecule has 4 rings (SSSR count). The molecule has 0 aliphatic carbocycles. The average molecular weight is 463 g/mol. The second kappa shape index (κ2) is 9.03. The quantitative estimate of drug-likeness (QED) is 0.607. The van der Waals surface area contributed by atoms with Gasteiger partial charge in [-0.05, 0) is 48.9 Å². The first-order valence-electron chi connectivity index (χ1n) is 11.1. The van der Waals surface area contributed by atoms with E-state index in [2.05, 4.69) is 5.32 Å². The number of nitrogens with one attached hydrogen (secondary N) is 1. The third kappa shape index (κ3) is 4.51. The second-order valence-electron chi connectivity index (χ2n) is 9.16. The lowest BCUT2D eigenvalue weighted by Crippen LogP contribution is -2.43. The number of benzene rings is 1. The van der Waals surface area contributed by atoms with Gasteiger partial charge in [0, 0.05) is 25.3 Å². The summed E-state index contributed by atoms with van der Waals surface area (Å²) in [4.78, 5) is 12.0. The Morgan fingerprint density at radius 3 is 2.59 bits per heavy atom. The molecule has 0 bridgehead atoms. The molecule has 174 valence electrons. The van der Waals surface area contributed by atoms with Crippen LogP contribution in [0.1, 0.15) is 43.5 Å². The molecule has 1 aromatic heterocycles. The van der Waals surface area contributed by atoms with Crippen molar-refractivity contribution in [3.8, 4) is 0 Å². The summed E-state index contributed by atoms with van der Waals surface area (Å²) >= 11 is 0. The average Bonchev–Trinajstić information content (AvgIpc) is 3.12. The summed E-state index contributed by atoms with van der Waals surface area (Å²) in [5.41, 5.74) is 1.07. The van der Waals surface area contributed by atoms with Gasteiger partial charge in [-0.3, -0.25) is 4.21 Å². The van der Waals surface area contributed by atoms with E-state index in [0.29, 0.717) is 60.3 Å². The molecule has 2 aliphatic rings. The van der Waals surface area contributed by atoms with Crippen LogP contribution in [0, 0.1) is 18.7 Å². The Morgan fingerprint density at radius 1 is 1.25 bits per heavy atom. The van der Waals surface area contributed by atoms with Crippen molar-refractivity contribution in [3.05, 3.63) is 40.8 Å². The number of piperidine rings is 1. The van der Waals surface area contributed by atoms with Gasteiger partial charge in [0.05, 0.1) is 34.7 Å². The fourth-order valence-corrected chi connectivity index (χ4v) is 5.71. The minimum Gasteiger partial charge on any atom is -0.394 e. The maximum absolute atomic E-state index is 13.9. The van der Waals surface area contributed by atoms with E-state index in [4.69, 9.17) is 9.97 Å². The molecule has 0 amide bonds. The molecule has 2 atom stereocenters. The first-order chi connectivity index (χ1) is 15.2. The fourth-order valence-electron chi connectivity index (χ4n) is 4.39. The van der Waals surface area contributed by atoms with E-state index in [9.17, 15) is 18.8 Å². The summed E-state index contributed by atoms with van der Waals surface area (Å²) in [6.45, 7) is 6.81. The predicted molar refractivity (Wildman–Crippen MR) is 123 cm³/mol. The van der Waals surface area contributed by atoms with Crippen LogP contribution >= 0.6 is 0 Å². The zero-order valence-electron chi connectivity index (χ0n) is 18.8. The lowest BCUT2D eigenvalue weighted by atomic mass is 9.84. The summed E-state index contributed by atoms with van der Waals surface area (Å²) in [7, 11) is -1.16. The van der Waals surface area contributed by atoms with Crippen molar-refractivity contribution >= 4 is 22.6 Å². The van der Waals surface area contributed by atoms with Crippen LogP contribution in [-0.2, 0) is 22.8 Å². The lowest BCUT2D eigenvalue weighted by molar-refractivity contribution is 0.0112. The summed E-state index contributed by atoms with van der Waals surface area (Å²) in [5, 5.41) is 24.2. The Labute approximate surface area is 190 Å². The Bertz CT molecular complexity index is 1000. The molecule has 1 saturated heterocycles. The van der Waals surface area contributed by atoms with Crippen molar-refractivity contribution in [1.29, 1.82) is 0 Å². The van der Waals surface area contributed by atoms with Crippen LogP contribution in [0.15, 0.2) is 23.1 Å². The number of anilines is 2. The molecule has 0 radical (unpaired) electrons. The van der Waals surface area contributed by atoms with Gasteiger partial charge in [-0.1, -0.05) is 19.9 Å². The highest BCUT2D eigenvalue weighted by Gasteiger charge is 2.36. The summed E-state index contributed by atoms with van der Waals surface area (Å²) < 4.78 is 26.5. The summed E-state index contributed by atoms with van der Waals surface area (Å²) in [5.74, 6) is 1.40. The van der Waals surface area contributed by atoms with Crippen LogP contribution in [0.5, 0.6) is 0 Å². The number of aliphatic hydroxyl groups is 2. The van der Waals surface area contributed by atoms with E-state index < -0.39 is 16.4 Å². The molecular weight excluding hydrogens is 431 g/mol. The van der Waals surface area contributed by atoms with Crippen molar-refractivity contribution in [3.63, 3.8) is 0 Å². The van der Waals surface area contributed by atoms with Crippen LogP contribution in [0.2, 0.25) is 0 Å².